The van der Waals surface area contributed by atoms with E-state index in [1.807, 2.05) is 22.7 Å². The van der Waals surface area contributed by atoms with Crippen LogP contribution in [0.5, 0.6) is 0 Å². The molecule has 0 saturated heterocycles. The van der Waals surface area contributed by atoms with Gasteiger partial charge in [-0.25, -0.2) is 4.99 Å². The van der Waals surface area contributed by atoms with Crippen LogP contribution in [0.4, 0.5) is 5.00 Å². The lowest BCUT2D eigenvalue weighted by Gasteiger charge is -2.17. The van der Waals surface area contributed by atoms with Crippen LogP contribution < -0.4 is 0 Å². The van der Waals surface area contributed by atoms with Crippen LogP contribution in [0.3, 0.4) is 0 Å². The number of thiophene rings is 2. The Bertz CT molecular complexity index is 3630. The van der Waals surface area contributed by atoms with E-state index < -0.39 is 20.7 Å². The Balaban J connectivity index is 0.973. The summed E-state index contributed by atoms with van der Waals surface area (Å²) in [5, 5.41) is 11.5. The van der Waals surface area contributed by atoms with Gasteiger partial charge in [-0.1, -0.05) is 109 Å². The van der Waals surface area contributed by atoms with E-state index in [4.69, 9.17) is 9.41 Å². The second-order valence-electron chi connectivity index (χ2n) is 15.5. The van der Waals surface area contributed by atoms with E-state index in [2.05, 4.69) is 162 Å². The standard InChI is InChI=1S/C52H33IN2OS2/c1-5-16-41-38(13-1)48-34-24-20-31(30-10-9-15-36-35-11-2-6-17-43(35)56-44(36)26-22-30)28-32(34)21-25-42(48)55(41)52-53-50(49-39-14-4-8-19-46(39)58-51(49)54-52)33-23-27-47-40(29-33)37-12-3-7-18-45(37)57-47/h1-8,11-14,16-30H,9-10,15H2. The average molecular weight is 893 g/mol. The first-order valence-electron chi connectivity index (χ1n) is 19.9. The lowest BCUT2D eigenvalue weighted by atomic mass is 9.88. The van der Waals surface area contributed by atoms with Crippen LogP contribution in [0.2, 0.25) is 0 Å². The molecule has 11 aromatic rings. The summed E-state index contributed by atoms with van der Waals surface area (Å²) >= 11 is 3.02. The third-order valence-electron chi connectivity index (χ3n) is 12.2. The van der Waals surface area contributed by atoms with Gasteiger partial charge < -0.3 is 4.42 Å². The largest absolute Gasteiger partial charge is 0.456 e. The molecule has 13 rings (SSSR count). The van der Waals surface area contributed by atoms with Crippen LogP contribution in [0.1, 0.15) is 46.8 Å². The molecular formula is C52H33IN2OS2. The fourth-order valence-electron chi connectivity index (χ4n) is 9.55. The Morgan fingerprint density at radius 3 is 2.33 bits per heavy atom. The molecule has 0 saturated carbocycles. The Kier molecular flexibility index (Phi) is 7.42. The highest BCUT2D eigenvalue weighted by Crippen LogP contribution is 2.47. The molecule has 0 radical (unpaired) electrons. The Hall–Kier alpha value is -5.67. The number of hydrogen-bond donors (Lipinski definition) is 0. The van der Waals surface area contributed by atoms with Gasteiger partial charge >= 0.3 is 0 Å². The number of benzene rings is 7. The zero-order valence-electron chi connectivity index (χ0n) is 31.2. The van der Waals surface area contributed by atoms with Gasteiger partial charge in [-0.05, 0) is 110 Å². The molecule has 7 aromatic carbocycles. The molecule has 0 fully saturated rings. The normalized spacial score (nSPS) is 15.8. The van der Waals surface area contributed by atoms with Gasteiger partial charge in [0.2, 0.25) is 0 Å². The molecule has 2 aliphatic rings. The molecule has 0 amide bonds. The number of rotatable bonds is 2. The van der Waals surface area contributed by atoms with Crippen molar-refractivity contribution in [1.82, 2.24) is 4.57 Å². The van der Waals surface area contributed by atoms with Crippen LogP contribution in [-0.4, -0.2) is 11.9 Å². The number of allylic oxidation sites excluding steroid dienone is 1. The van der Waals surface area contributed by atoms with Crippen LogP contribution in [0.15, 0.2) is 161 Å². The second kappa shape index (κ2) is 12.9. The Morgan fingerprint density at radius 1 is 0.638 bits per heavy atom. The Labute approximate surface area is 351 Å². The van der Waals surface area contributed by atoms with Crippen molar-refractivity contribution in [3.05, 3.63) is 180 Å². The third-order valence-corrected chi connectivity index (χ3v) is 17.4. The number of fused-ring (bicyclic) bond motifs is 14. The maximum atomic E-state index is 6.32. The highest BCUT2D eigenvalue weighted by atomic mass is 127. The SMILES string of the molecule is C1=CC(c2ccc3c(ccc4c3c3ccccc3n4C3=Nc4sc5ccccc5c4C(c4ccc5sc6ccccc6c5c4)=I3)c2)CCCc2c1oc1ccccc21. The molecule has 1 aliphatic heterocycles. The lowest BCUT2D eigenvalue weighted by molar-refractivity contribution is 0.587. The zero-order valence-corrected chi connectivity index (χ0v) is 35.0. The fourth-order valence-corrected chi connectivity index (χ4v) is 15.1. The first kappa shape index (κ1) is 33.3. The summed E-state index contributed by atoms with van der Waals surface area (Å²) in [6.07, 6.45) is 7.86. The summed E-state index contributed by atoms with van der Waals surface area (Å²) in [6, 6.07) is 54.1. The van der Waals surface area contributed by atoms with Gasteiger partial charge in [0.1, 0.15) is 16.3 Å². The highest BCUT2D eigenvalue weighted by molar-refractivity contribution is 14.2. The molecule has 1 aliphatic carbocycles. The summed E-state index contributed by atoms with van der Waals surface area (Å²) < 4.78 is 15.4. The molecule has 0 spiro atoms. The van der Waals surface area contributed by atoms with Crippen molar-refractivity contribution in [2.24, 2.45) is 4.99 Å². The maximum Gasteiger partial charge on any atom is 0.172 e. The molecule has 0 bridgehead atoms. The second-order valence-corrected chi connectivity index (χ2v) is 20.2. The van der Waals surface area contributed by atoms with Gasteiger partial charge in [0, 0.05) is 67.0 Å². The van der Waals surface area contributed by atoms with Gasteiger partial charge in [-0.2, -0.15) is 0 Å². The minimum atomic E-state index is -0.687. The van der Waals surface area contributed by atoms with E-state index in [-0.39, 0.29) is 0 Å². The number of hydrogen-bond acceptors (Lipinski definition) is 4. The van der Waals surface area contributed by atoms with Crippen LogP contribution in [0.25, 0.3) is 79.9 Å². The number of aromatic nitrogens is 1. The van der Waals surface area contributed by atoms with Gasteiger partial charge in [0.15, 0.2) is 3.84 Å². The quantitative estimate of drug-likeness (QED) is 0.159. The third kappa shape index (κ3) is 5.01. The van der Waals surface area contributed by atoms with Gasteiger partial charge in [-0.15, -0.1) is 22.7 Å². The molecule has 0 N–H and O–H groups in total. The number of furan rings is 1. The molecule has 3 nitrogen and oxygen atoms in total. The smallest absolute Gasteiger partial charge is 0.172 e. The van der Waals surface area contributed by atoms with Crippen LogP contribution >= 0.6 is 43.4 Å². The van der Waals surface area contributed by atoms with Crippen molar-refractivity contribution < 1.29 is 4.42 Å². The predicted octanol–water partition coefficient (Wildman–Crippen LogP) is 15.5. The molecule has 5 heterocycles. The lowest BCUT2D eigenvalue weighted by Crippen LogP contribution is -2.11. The van der Waals surface area contributed by atoms with Crippen LogP contribution in [0, 0.1) is 0 Å². The molecule has 4 aromatic heterocycles. The minimum absolute atomic E-state index is 0.333. The molecule has 276 valence electrons. The number of aryl methyl sites for hydroxylation is 1. The maximum absolute atomic E-state index is 6.32. The van der Waals surface area contributed by atoms with Crippen molar-refractivity contribution >= 4 is 136 Å². The average Bonchev–Trinajstić information content (AvgIpc) is 4.01. The molecular weight excluding hydrogens is 860 g/mol. The van der Waals surface area contributed by atoms with Gasteiger partial charge in [0.25, 0.3) is 0 Å². The van der Waals surface area contributed by atoms with Gasteiger partial charge in [0.05, 0.1) is 11.0 Å². The number of halogens is 1. The number of nitrogens with zero attached hydrogens (tertiary/aromatic N) is 2. The summed E-state index contributed by atoms with van der Waals surface area (Å²) in [5.74, 6) is 1.35. The van der Waals surface area contributed by atoms with Crippen molar-refractivity contribution in [3.8, 4) is 0 Å². The van der Waals surface area contributed by atoms with E-state index in [0.29, 0.717) is 5.92 Å². The van der Waals surface area contributed by atoms with Gasteiger partial charge in [-0.3, -0.25) is 4.57 Å². The van der Waals surface area contributed by atoms with Crippen molar-refractivity contribution in [3.63, 3.8) is 0 Å². The monoisotopic (exact) mass is 892 g/mol. The molecule has 58 heavy (non-hydrogen) atoms. The first-order chi connectivity index (χ1) is 28.7. The topological polar surface area (TPSA) is 30.4 Å². The Morgan fingerprint density at radius 2 is 1.41 bits per heavy atom. The van der Waals surface area contributed by atoms with E-state index in [9.17, 15) is 0 Å². The summed E-state index contributed by atoms with van der Waals surface area (Å²) in [6.45, 7) is 0. The molecule has 1 atom stereocenters. The summed E-state index contributed by atoms with van der Waals surface area (Å²) in [4.78, 5) is 5.62. The van der Waals surface area contributed by atoms with Crippen molar-refractivity contribution in [2.45, 2.75) is 25.2 Å². The first-order valence-corrected chi connectivity index (χ1v) is 23.7. The summed E-state index contributed by atoms with van der Waals surface area (Å²) in [7, 11) is 0. The van der Waals surface area contributed by atoms with E-state index >= 15 is 0 Å². The molecule has 6 heteroatoms. The summed E-state index contributed by atoms with van der Waals surface area (Å²) in [5.41, 5.74) is 8.79. The van der Waals surface area contributed by atoms with Crippen LogP contribution in [-0.2, 0) is 6.42 Å². The van der Waals surface area contributed by atoms with Crippen molar-refractivity contribution in [2.75, 3.05) is 0 Å². The van der Waals surface area contributed by atoms with E-state index in [1.54, 1.807) is 0 Å². The predicted molar refractivity (Wildman–Crippen MR) is 259 cm³/mol. The zero-order chi connectivity index (χ0) is 37.9. The van der Waals surface area contributed by atoms with Crippen molar-refractivity contribution in [1.29, 1.82) is 0 Å². The molecule has 1 unspecified atom stereocenters. The van der Waals surface area contributed by atoms with E-state index in [0.717, 1.165) is 35.6 Å². The number of para-hydroxylation sites is 2. The fraction of sp³-hybridized carbons (Fsp3) is 0.0769. The number of aliphatic imine (C=N–C) groups is 1. The van der Waals surface area contributed by atoms with E-state index in [1.165, 1.54) is 97.8 Å². The minimum Gasteiger partial charge on any atom is -0.456 e. The highest BCUT2D eigenvalue weighted by Gasteiger charge is 2.26.